The summed E-state index contributed by atoms with van der Waals surface area (Å²) in [7, 11) is 2.32. The molecule has 8 heteroatoms. The van der Waals surface area contributed by atoms with Crippen molar-refractivity contribution in [2.24, 2.45) is 0 Å². The molecule has 1 aromatic rings. The molecule has 2 aliphatic rings. The van der Waals surface area contributed by atoms with Crippen molar-refractivity contribution >= 4 is 23.8 Å². The maximum Gasteiger partial charge on any atom is 0.327 e. The van der Waals surface area contributed by atoms with Gasteiger partial charge < -0.3 is 9.47 Å². The summed E-state index contributed by atoms with van der Waals surface area (Å²) in [6.07, 6.45) is 0. The molecule has 0 N–H and O–H groups in total. The van der Waals surface area contributed by atoms with Gasteiger partial charge in [-0.2, -0.15) is 10.0 Å². The van der Waals surface area contributed by atoms with Gasteiger partial charge in [-0.1, -0.05) is 12.1 Å². The van der Waals surface area contributed by atoms with E-state index in [2.05, 4.69) is 9.47 Å². The Hall–Kier alpha value is -2.74. The predicted molar refractivity (Wildman–Crippen MR) is 70.4 cm³/mol. The number of benzene rings is 1. The number of imide groups is 1. The first-order valence-corrected chi connectivity index (χ1v) is 6.44. The fourth-order valence-corrected chi connectivity index (χ4v) is 2.57. The molecular weight excluding hydrogens is 292 g/mol. The van der Waals surface area contributed by atoms with Crippen LogP contribution in [0.2, 0.25) is 0 Å². The summed E-state index contributed by atoms with van der Waals surface area (Å²) in [5.41, 5.74) is 0.457. The van der Waals surface area contributed by atoms with Crippen molar-refractivity contribution in [2.75, 3.05) is 14.2 Å². The third-order valence-electron chi connectivity index (χ3n) is 3.67. The first-order valence-electron chi connectivity index (χ1n) is 6.44. The van der Waals surface area contributed by atoms with E-state index in [4.69, 9.17) is 0 Å². The average molecular weight is 304 g/mol. The van der Waals surface area contributed by atoms with Crippen LogP contribution >= 0.6 is 0 Å². The van der Waals surface area contributed by atoms with Gasteiger partial charge >= 0.3 is 11.9 Å². The lowest BCUT2D eigenvalue weighted by Crippen LogP contribution is -2.38. The van der Waals surface area contributed by atoms with E-state index < -0.39 is 35.8 Å². The van der Waals surface area contributed by atoms with E-state index in [0.717, 1.165) is 24.2 Å². The van der Waals surface area contributed by atoms with Crippen LogP contribution < -0.4 is 0 Å². The Kier molecular flexibility index (Phi) is 3.18. The van der Waals surface area contributed by atoms with E-state index in [1.165, 1.54) is 12.1 Å². The first-order chi connectivity index (χ1) is 10.5. The van der Waals surface area contributed by atoms with Gasteiger partial charge in [0.15, 0.2) is 12.1 Å². The van der Waals surface area contributed by atoms with E-state index >= 15 is 0 Å². The number of ether oxygens (including phenoxy) is 2. The van der Waals surface area contributed by atoms with Gasteiger partial charge in [0.1, 0.15) is 0 Å². The van der Waals surface area contributed by atoms with Gasteiger partial charge in [-0.3, -0.25) is 19.2 Å². The molecule has 0 radical (unpaired) electrons. The van der Waals surface area contributed by atoms with Crippen LogP contribution in [0.4, 0.5) is 0 Å². The van der Waals surface area contributed by atoms with Gasteiger partial charge in [-0.15, -0.1) is 0 Å². The van der Waals surface area contributed by atoms with E-state index in [9.17, 15) is 19.2 Å². The van der Waals surface area contributed by atoms with Crippen molar-refractivity contribution in [3.63, 3.8) is 0 Å². The summed E-state index contributed by atoms with van der Waals surface area (Å²) in [5.74, 6) is -2.60. The molecule has 1 aromatic carbocycles. The molecular formula is C14H12N2O6. The van der Waals surface area contributed by atoms with Crippen LogP contribution in [-0.4, -0.2) is 60.1 Å². The topological polar surface area (TPSA) is 93.0 Å². The Morgan fingerprint density at radius 1 is 0.909 bits per heavy atom. The Morgan fingerprint density at radius 3 is 1.68 bits per heavy atom. The highest BCUT2D eigenvalue weighted by molar-refractivity contribution is 6.21. The molecule has 1 saturated heterocycles. The first kappa shape index (κ1) is 14.2. The fourth-order valence-electron chi connectivity index (χ4n) is 2.57. The third kappa shape index (κ3) is 1.81. The number of esters is 2. The van der Waals surface area contributed by atoms with Crippen molar-refractivity contribution in [2.45, 2.75) is 12.1 Å². The minimum atomic E-state index is -1.04. The van der Waals surface area contributed by atoms with E-state index in [-0.39, 0.29) is 11.1 Å². The normalized spacial score (nSPS) is 25.7. The van der Waals surface area contributed by atoms with Crippen LogP contribution in [-0.2, 0) is 19.1 Å². The minimum absolute atomic E-state index is 0.228. The molecule has 2 atom stereocenters. The number of methoxy groups -OCH3 is 2. The number of nitrogens with zero attached hydrogens (tertiary/aromatic N) is 2. The summed E-state index contributed by atoms with van der Waals surface area (Å²) in [6.45, 7) is 0. The molecule has 2 amide bonds. The van der Waals surface area contributed by atoms with Gasteiger partial charge in [0.25, 0.3) is 11.8 Å². The zero-order valence-electron chi connectivity index (χ0n) is 11.8. The van der Waals surface area contributed by atoms with Crippen molar-refractivity contribution in [1.29, 1.82) is 0 Å². The highest BCUT2D eigenvalue weighted by Crippen LogP contribution is 2.37. The average Bonchev–Trinajstić information content (AvgIpc) is 3.22. The highest BCUT2D eigenvalue weighted by atomic mass is 16.5. The van der Waals surface area contributed by atoms with E-state index in [0.29, 0.717) is 0 Å². The quantitative estimate of drug-likeness (QED) is 0.426. The monoisotopic (exact) mass is 304 g/mol. The second-order valence-corrected chi connectivity index (χ2v) is 4.78. The standard InChI is InChI=1S/C14H12N2O6/c1-21-13(19)9-10(14(20)22-2)15(9)16-11(17)7-5-3-4-6-8(7)12(16)18/h3-6,9-10H,1-2H3/t9-,10-/m1/s1. The van der Waals surface area contributed by atoms with Gasteiger partial charge in [-0.25, -0.2) is 0 Å². The molecule has 22 heavy (non-hydrogen) atoms. The van der Waals surface area contributed by atoms with Gasteiger partial charge in [0, 0.05) is 0 Å². The Labute approximate surface area is 125 Å². The molecule has 1 fully saturated rings. The van der Waals surface area contributed by atoms with Gasteiger partial charge in [0.2, 0.25) is 0 Å². The predicted octanol–water partition coefficient (Wildman–Crippen LogP) is -0.404. The summed E-state index contributed by atoms with van der Waals surface area (Å²) in [4.78, 5) is 48.2. The lowest BCUT2D eigenvalue weighted by Gasteiger charge is -2.15. The van der Waals surface area contributed by atoms with E-state index in [1.54, 1.807) is 12.1 Å². The molecule has 0 bridgehead atoms. The maximum atomic E-state index is 12.4. The van der Waals surface area contributed by atoms with Crippen LogP contribution in [0.25, 0.3) is 0 Å². The van der Waals surface area contributed by atoms with Crippen molar-refractivity contribution in [3.8, 4) is 0 Å². The number of hydrogen-bond donors (Lipinski definition) is 0. The Bertz CT molecular complexity index is 643. The van der Waals surface area contributed by atoms with Crippen molar-refractivity contribution in [3.05, 3.63) is 35.4 Å². The largest absolute Gasteiger partial charge is 0.468 e. The lowest BCUT2D eigenvalue weighted by atomic mass is 10.1. The second kappa shape index (κ2) is 4.92. The maximum absolute atomic E-state index is 12.4. The number of fused-ring (bicyclic) bond motifs is 1. The number of carbonyl (C=O) groups excluding carboxylic acids is 4. The smallest absolute Gasteiger partial charge is 0.327 e. The zero-order chi connectivity index (χ0) is 16.0. The molecule has 0 unspecified atom stereocenters. The molecule has 2 heterocycles. The van der Waals surface area contributed by atoms with Crippen LogP contribution in [0.5, 0.6) is 0 Å². The Balaban J connectivity index is 1.95. The minimum Gasteiger partial charge on any atom is -0.468 e. The molecule has 0 aromatic heterocycles. The third-order valence-corrected chi connectivity index (χ3v) is 3.67. The number of rotatable bonds is 3. The van der Waals surface area contributed by atoms with Gasteiger partial charge in [-0.05, 0) is 12.1 Å². The summed E-state index contributed by atoms with van der Waals surface area (Å²) >= 11 is 0. The lowest BCUT2D eigenvalue weighted by molar-refractivity contribution is -0.144. The number of hydrazine groups is 1. The second-order valence-electron chi connectivity index (χ2n) is 4.78. The van der Waals surface area contributed by atoms with E-state index in [1.807, 2.05) is 0 Å². The molecule has 0 aliphatic carbocycles. The fraction of sp³-hybridized carbons (Fsp3) is 0.286. The molecule has 0 spiro atoms. The Morgan fingerprint density at radius 2 is 1.32 bits per heavy atom. The van der Waals surface area contributed by atoms with Crippen LogP contribution in [0.15, 0.2) is 24.3 Å². The van der Waals surface area contributed by atoms with Crippen LogP contribution in [0, 0.1) is 0 Å². The molecule has 8 nitrogen and oxygen atoms in total. The molecule has 114 valence electrons. The summed E-state index contributed by atoms with van der Waals surface area (Å²) in [6, 6.07) is 4.20. The van der Waals surface area contributed by atoms with Crippen molar-refractivity contribution in [1.82, 2.24) is 10.0 Å². The van der Waals surface area contributed by atoms with Crippen molar-refractivity contribution < 1.29 is 28.7 Å². The number of carbonyl (C=O) groups is 4. The molecule has 2 aliphatic heterocycles. The van der Waals surface area contributed by atoms with Crippen LogP contribution in [0.3, 0.4) is 0 Å². The summed E-state index contributed by atoms with van der Waals surface area (Å²) < 4.78 is 9.20. The molecule has 3 rings (SSSR count). The number of hydrogen-bond acceptors (Lipinski definition) is 7. The SMILES string of the molecule is COC(=O)[C@H]1[C@H](C(=O)OC)N1N1C(=O)c2ccccc2C1=O. The number of amides is 2. The van der Waals surface area contributed by atoms with Gasteiger partial charge in [0.05, 0.1) is 25.3 Å². The summed E-state index contributed by atoms with van der Waals surface area (Å²) in [5, 5.41) is 1.89. The zero-order valence-corrected chi connectivity index (χ0v) is 11.8. The molecule has 0 saturated carbocycles. The van der Waals surface area contributed by atoms with Crippen LogP contribution in [0.1, 0.15) is 20.7 Å². The highest BCUT2D eigenvalue weighted by Gasteiger charge is 2.65.